The Morgan fingerprint density at radius 3 is 2.21 bits per heavy atom. The monoisotopic (exact) mass is 258 g/mol. The van der Waals surface area contributed by atoms with Crippen molar-refractivity contribution in [1.82, 2.24) is 0 Å². The van der Waals surface area contributed by atoms with Gasteiger partial charge >= 0.3 is 5.97 Å². The summed E-state index contributed by atoms with van der Waals surface area (Å²) in [7, 11) is 3.06. The Morgan fingerprint density at radius 2 is 1.68 bits per heavy atom. The number of benzene rings is 2. The fourth-order valence-corrected chi connectivity index (χ4v) is 1.92. The van der Waals surface area contributed by atoms with Crippen LogP contribution in [0.15, 0.2) is 42.5 Å². The molecule has 0 saturated carbocycles. The summed E-state index contributed by atoms with van der Waals surface area (Å²) in [5, 5.41) is 9.15. The molecule has 2 aromatic carbocycles. The smallest absolute Gasteiger partial charge is 0.339 e. The summed E-state index contributed by atoms with van der Waals surface area (Å²) in [6.45, 7) is 0. The molecule has 2 rings (SSSR count). The number of carbonyl (C=O) groups is 1. The Kier molecular flexibility index (Phi) is 3.71. The zero-order valence-corrected chi connectivity index (χ0v) is 10.7. The second-order valence-electron chi connectivity index (χ2n) is 3.92. The lowest BCUT2D eigenvalue weighted by Gasteiger charge is -2.11. The Morgan fingerprint density at radius 1 is 1.00 bits per heavy atom. The largest absolute Gasteiger partial charge is 0.497 e. The second-order valence-corrected chi connectivity index (χ2v) is 3.92. The van der Waals surface area contributed by atoms with Gasteiger partial charge in [-0.1, -0.05) is 24.3 Å². The Bertz CT molecular complexity index is 588. The van der Waals surface area contributed by atoms with Crippen LogP contribution in [0.25, 0.3) is 11.1 Å². The van der Waals surface area contributed by atoms with E-state index in [1.807, 2.05) is 30.3 Å². The summed E-state index contributed by atoms with van der Waals surface area (Å²) in [5.41, 5.74) is 1.77. The molecule has 4 heteroatoms. The standard InChI is InChI=1S/C15H14O4/c1-18-11-8-6-10(7-9-11)12-4-3-5-13(15(16)17)14(12)19-2/h3-9H,1-2H3,(H,16,17). The summed E-state index contributed by atoms with van der Waals surface area (Å²) < 4.78 is 10.3. The first-order valence-corrected chi connectivity index (χ1v) is 5.72. The first kappa shape index (κ1) is 13.0. The fourth-order valence-electron chi connectivity index (χ4n) is 1.92. The molecule has 0 aliphatic carbocycles. The average Bonchev–Trinajstić information content (AvgIpc) is 2.46. The number of aromatic carboxylic acids is 1. The minimum atomic E-state index is -1.01. The first-order valence-electron chi connectivity index (χ1n) is 5.72. The van der Waals surface area contributed by atoms with Crippen LogP contribution in [0.5, 0.6) is 11.5 Å². The second kappa shape index (κ2) is 5.44. The summed E-state index contributed by atoms with van der Waals surface area (Å²) in [5.74, 6) is 0.101. The summed E-state index contributed by atoms with van der Waals surface area (Å²) in [6.07, 6.45) is 0. The van der Waals surface area contributed by atoms with Gasteiger partial charge < -0.3 is 14.6 Å². The molecule has 1 N–H and O–H groups in total. The van der Waals surface area contributed by atoms with Gasteiger partial charge in [-0.25, -0.2) is 4.79 Å². The van der Waals surface area contributed by atoms with Gasteiger partial charge in [-0.05, 0) is 23.8 Å². The zero-order chi connectivity index (χ0) is 13.8. The lowest BCUT2D eigenvalue weighted by Crippen LogP contribution is -2.01. The van der Waals surface area contributed by atoms with Gasteiger partial charge in [0.2, 0.25) is 0 Å². The molecule has 0 fully saturated rings. The average molecular weight is 258 g/mol. The van der Waals surface area contributed by atoms with Crippen molar-refractivity contribution in [1.29, 1.82) is 0 Å². The van der Waals surface area contributed by atoms with E-state index in [1.54, 1.807) is 13.2 Å². The van der Waals surface area contributed by atoms with Gasteiger partial charge in [-0.2, -0.15) is 0 Å². The third kappa shape index (κ3) is 2.52. The Hall–Kier alpha value is -2.49. The van der Waals surface area contributed by atoms with Crippen LogP contribution in [0.3, 0.4) is 0 Å². The van der Waals surface area contributed by atoms with Gasteiger partial charge in [-0.15, -0.1) is 0 Å². The summed E-state index contributed by atoms with van der Waals surface area (Å²) in [4.78, 5) is 11.2. The summed E-state index contributed by atoms with van der Waals surface area (Å²) >= 11 is 0. The van der Waals surface area contributed by atoms with E-state index >= 15 is 0 Å². The third-order valence-corrected chi connectivity index (χ3v) is 2.85. The van der Waals surface area contributed by atoms with Crippen molar-refractivity contribution in [2.45, 2.75) is 0 Å². The van der Waals surface area contributed by atoms with Crippen molar-refractivity contribution in [2.24, 2.45) is 0 Å². The van der Waals surface area contributed by atoms with E-state index in [0.29, 0.717) is 5.75 Å². The predicted molar refractivity (Wildman–Crippen MR) is 71.9 cm³/mol. The van der Waals surface area contributed by atoms with E-state index in [4.69, 9.17) is 14.6 Å². The lowest BCUT2D eigenvalue weighted by molar-refractivity contribution is 0.0693. The van der Waals surface area contributed by atoms with E-state index in [2.05, 4.69) is 0 Å². The highest BCUT2D eigenvalue weighted by molar-refractivity contribution is 5.94. The number of rotatable bonds is 4. The maximum absolute atomic E-state index is 11.2. The number of hydrogen-bond acceptors (Lipinski definition) is 3. The van der Waals surface area contributed by atoms with Crippen molar-refractivity contribution in [3.63, 3.8) is 0 Å². The van der Waals surface area contributed by atoms with Gasteiger partial charge in [0, 0.05) is 5.56 Å². The maximum Gasteiger partial charge on any atom is 0.339 e. The van der Waals surface area contributed by atoms with Crippen LogP contribution < -0.4 is 9.47 Å². The van der Waals surface area contributed by atoms with Gasteiger partial charge in [0.25, 0.3) is 0 Å². The highest BCUT2D eigenvalue weighted by Gasteiger charge is 2.15. The maximum atomic E-state index is 11.2. The number of hydrogen-bond donors (Lipinski definition) is 1. The molecular formula is C15H14O4. The van der Waals surface area contributed by atoms with Crippen LogP contribution in [0.2, 0.25) is 0 Å². The number of methoxy groups -OCH3 is 2. The number of carboxylic acids is 1. The number of para-hydroxylation sites is 1. The normalized spacial score (nSPS) is 10.0. The molecule has 0 spiro atoms. The molecule has 4 nitrogen and oxygen atoms in total. The van der Waals surface area contributed by atoms with Crippen LogP contribution in [-0.4, -0.2) is 25.3 Å². The van der Waals surface area contributed by atoms with Gasteiger partial charge in [0.05, 0.1) is 14.2 Å². The van der Waals surface area contributed by atoms with Crippen LogP contribution in [0.1, 0.15) is 10.4 Å². The molecule has 2 aromatic rings. The molecule has 0 unspecified atom stereocenters. The summed E-state index contributed by atoms with van der Waals surface area (Å²) in [6, 6.07) is 12.4. The number of carboxylic acid groups (broad SMARTS) is 1. The van der Waals surface area contributed by atoms with Gasteiger partial charge in [0.1, 0.15) is 17.1 Å². The molecule has 0 aromatic heterocycles. The fraction of sp³-hybridized carbons (Fsp3) is 0.133. The molecule has 0 aliphatic rings. The Balaban J connectivity index is 2.54. The van der Waals surface area contributed by atoms with Gasteiger partial charge in [-0.3, -0.25) is 0 Å². The highest BCUT2D eigenvalue weighted by Crippen LogP contribution is 2.33. The van der Waals surface area contributed by atoms with Crippen molar-refractivity contribution < 1.29 is 19.4 Å². The molecule has 0 aliphatic heterocycles. The minimum Gasteiger partial charge on any atom is -0.497 e. The topological polar surface area (TPSA) is 55.8 Å². The minimum absolute atomic E-state index is 0.149. The molecule has 0 heterocycles. The molecule has 19 heavy (non-hydrogen) atoms. The van der Waals surface area contributed by atoms with E-state index in [0.717, 1.165) is 16.9 Å². The molecule has 98 valence electrons. The van der Waals surface area contributed by atoms with Crippen LogP contribution in [0.4, 0.5) is 0 Å². The molecule has 0 amide bonds. The molecular weight excluding hydrogens is 244 g/mol. The van der Waals surface area contributed by atoms with Gasteiger partial charge in [0.15, 0.2) is 0 Å². The molecule has 0 saturated heterocycles. The predicted octanol–water partition coefficient (Wildman–Crippen LogP) is 3.07. The highest BCUT2D eigenvalue weighted by atomic mass is 16.5. The molecule has 0 atom stereocenters. The van der Waals surface area contributed by atoms with Crippen molar-refractivity contribution in [3.8, 4) is 22.6 Å². The van der Waals surface area contributed by atoms with E-state index < -0.39 is 5.97 Å². The van der Waals surface area contributed by atoms with Crippen molar-refractivity contribution in [3.05, 3.63) is 48.0 Å². The zero-order valence-electron chi connectivity index (χ0n) is 10.7. The SMILES string of the molecule is COc1ccc(-c2cccc(C(=O)O)c2OC)cc1. The van der Waals surface area contributed by atoms with Crippen LogP contribution in [-0.2, 0) is 0 Å². The third-order valence-electron chi connectivity index (χ3n) is 2.85. The van der Waals surface area contributed by atoms with Crippen molar-refractivity contribution >= 4 is 5.97 Å². The lowest BCUT2D eigenvalue weighted by atomic mass is 10.0. The van der Waals surface area contributed by atoms with E-state index in [-0.39, 0.29) is 5.56 Å². The van der Waals surface area contributed by atoms with Crippen LogP contribution in [0, 0.1) is 0 Å². The van der Waals surface area contributed by atoms with E-state index in [9.17, 15) is 4.79 Å². The quantitative estimate of drug-likeness (QED) is 0.915. The van der Waals surface area contributed by atoms with Crippen LogP contribution >= 0.6 is 0 Å². The number of ether oxygens (including phenoxy) is 2. The van der Waals surface area contributed by atoms with Crippen molar-refractivity contribution in [2.75, 3.05) is 14.2 Å². The molecule has 0 radical (unpaired) electrons. The van der Waals surface area contributed by atoms with E-state index in [1.165, 1.54) is 13.2 Å². The first-order chi connectivity index (χ1) is 9.17. The molecule has 0 bridgehead atoms. The Labute approximate surface area is 111 Å².